The molecule has 0 fully saturated rings. The van der Waals surface area contributed by atoms with Crippen molar-refractivity contribution in [3.63, 3.8) is 0 Å². The molecule has 0 unspecified atom stereocenters. The zero-order valence-electron chi connectivity index (χ0n) is 14.5. The van der Waals surface area contributed by atoms with Crippen molar-refractivity contribution in [2.24, 2.45) is 0 Å². The first-order valence-electron chi connectivity index (χ1n) is 8.43. The Morgan fingerprint density at radius 2 is 1.48 bits per heavy atom. The molecule has 0 bridgehead atoms. The smallest absolute Gasteiger partial charge is 0.347 e. The molecule has 0 amide bonds. The predicted molar refractivity (Wildman–Crippen MR) is 101 cm³/mol. The third kappa shape index (κ3) is 5.19. The van der Waals surface area contributed by atoms with Gasteiger partial charge >= 0.3 is 5.97 Å². The number of carbonyl (C=O) groups excluding carboxylic acids is 2. The minimum absolute atomic E-state index is 0.278. The number of benzene rings is 3. The Kier molecular flexibility index (Phi) is 6.20. The molecule has 136 valence electrons. The molecule has 0 radical (unpaired) electrons. The fourth-order valence-electron chi connectivity index (χ4n) is 2.40. The summed E-state index contributed by atoms with van der Waals surface area (Å²) in [5.74, 6) is 0.902. The van der Waals surface area contributed by atoms with Gasteiger partial charge in [-0.2, -0.15) is 0 Å². The van der Waals surface area contributed by atoms with Gasteiger partial charge in [0.05, 0.1) is 0 Å². The van der Waals surface area contributed by atoms with Crippen LogP contribution in [-0.2, 0) is 0 Å². The number of aldehydes is 1. The molecule has 0 atom stereocenters. The lowest BCUT2D eigenvalue weighted by atomic mass is 10.2. The summed E-state index contributed by atoms with van der Waals surface area (Å²) in [5, 5.41) is 0. The van der Waals surface area contributed by atoms with Crippen molar-refractivity contribution in [2.75, 3.05) is 13.2 Å². The van der Waals surface area contributed by atoms with E-state index in [1.807, 2.05) is 30.3 Å². The summed E-state index contributed by atoms with van der Waals surface area (Å²) in [5.41, 5.74) is 0.733. The fraction of sp³-hybridized carbons (Fsp3) is 0.0909. The Bertz CT molecular complexity index is 905. The van der Waals surface area contributed by atoms with E-state index in [4.69, 9.17) is 14.2 Å². The molecule has 0 N–H and O–H groups in total. The van der Waals surface area contributed by atoms with Crippen molar-refractivity contribution in [2.45, 2.75) is 0 Å². The number of para-hydroxylation sites is 2. The Balaban J connectivity index is 1.60. The van der Waals surface area contributed by atoms with Crippen LogP contribution in [0.2, 0.25) is 0 Å². The Hall–Kier alpha value is -3.60. The van der Waals surface area contributed by atoms with Gasteiger partial charge in [0, 0.05) is 5.56 Å². The van der Waals surface area contributed by atoms with Gasteiger partial charge in [-0.05, 0) is 36.4 Å². The van der Waals surface area contributed by atoms with Crippen LogP contribution in [0.15, 0.2) is 78.9 Å². The SMILES string of the molecule is O=Cc1cccc(OC(=O)c2ccccc2OCCOc2ccccc2)c1. The standard InChI is InChI=1S/C22H18O5/c23-16-17-7-6-10-19(15-17)27-22(24)20-11-4-5-12-21(20)26-14-13-25-18-8-2-1-3-9-18/h1-12,15-16H,13-14H2. The van der Waals surface area contributed by atoms with Crippen molar-refractivity contribution >= 4 is 12.3 Å². The average molecular weight is 362 g/mol. The van der Waals surface area contributed by atoms with Gasteiger partial charge in [0.1, 0.15) is 42.3 Å². The topological polar surface area (TPSA) is 61.8 Å². The van der Waals surface area contributed by atoms with Gasteiger partial charge in [-0.25, -0.2) is 4.79 Å². The number of esters is 1. The van der Waals surface area contributed by atoms with Crippen molar-refractivity contribution in [3.05, 3.63) is 90.0 Å². The minimum atomic E-state index is -0.558. The third-order valence-corrected chi connectivity index (χ3v) is 3.66. The molecule has 0 aliphatic carbocycles. The van der Waals surface area contributed by atoms with Crippen LogP contribution in [0.25, 0.3) is 0 Å². The second-order valence-electron chi connectivity index (χ2n) is 5.59. The molecule has 0 heterocycles. The lowest BCUT2D eigenvalue weighted by Crippen LogP contribution is -2.14. The van der Waals surface area contributed by atoms with E-state index >= 15 is 0 Å². The summed E-state index contributed by atoms with van der Waals surface area (Å²) in [6, 6.07) is 22.6. The molecule has 3 aromatic carbocycles. The average Bonchev–Trinajstić information content (AvgIpc) is 2.72. The second kappa shape index (κ2) is 9.20. The molecule has 0 saturated heterocycles. The number of hydrogen-bond donors (Lipinski definition) is 0. The molecule has 5 nitrogen and oxygen atoms in total. The van der Waals surface area contributed by atoms with Gasteiger partial charge < -0.3 is 14.2 Å². The number of ether oxygens (including phenoxy) is 3. The highest BCUT2D eigenvalue weighted by Gasteiger charge is 2.15. The van der Waals surface area contributed by atoms with Gasteiger partial charge in [0.25, 0.3) is 0 Å². The van der Waals surface area contributed by atoms with E-state index in [2.05, 4.69) is 0 Å². The highest BCUT2D eigenvalue weighted by Crippen LogP contribution is 2.21. The van der Waals surface area contributed by atoms with E-state index in [0.29, 0.717) is 35.5 Å². The van der Waals surface area contributed by atoms with Gasteiger partial charge in [-0.1, -0.05) is 42.5 Å². The maximum Gasteiger partial charge on any atom is 0.347 e. The zero-order chi connectivity index (χ0) is 18.9. The van der Waals surface area contributed by atoms with Gasteiger partial charge in [-0.3, -0.25) is 4.79 Å². The maximum atomic E-state index is 12.5. The first-order chi connectivity index (χ1) is 13.3. The van der Waals surface area contributed by atoms with Crippen LogP contribution in [-0.4, -0.2) is 25.5 Å². The summed E-state index contributed by atoms with van der Waals surface area (Å²) in [4.78, 5) is 23.3. The minimum Gasteiger partial charge on any atom is -0.490 e. The van der Waals surface area contributed by atoms with Crippen molar-refractivity contribution in [1.82, 2.24) is 0 Å². The van der Waals surface area contributed by atoms with Gasteiger partial charge in [0.15, 0.2) is 0 Å². The summed E-state index contributed by atoms with van der Waals surface area (Å²) in [6.07, 6.45) is 0.696. The fourth-order valence-corrected chi connectivity index (χ4v) is 2.40. The maximum absolute atomic E-state index is 12.5. The van der Waals surface area contributed by atoms with Crippen LogP contribution >= 0.6 is 0 Å². The van der Waals surface area contributed by atoms with Crippen molar-refractivity contribution in [3.8, 4) is 17.2 Å². The molecule has 3 rings (SSSR count). The molecular weight excluding hydrogens is 344 g/mol. The van der Waals surface area contributed by atoms with Crippen LogP contribution in [0.1, 0.15) is 20.7 Å². The van der Waals surface area contributed by atoms with Crippen molar-refractivity contribution < 1.29 is 23.8 Å². The highest BCUT2D eigenvalue weighted by molar-refractivity contribution is 5.94. The molecule has 0 spiro atoms. The Labute approximate surface area is 157 Å². The van der Waals surface area contributed by atoms with E-state index in [1.54, 1.807) is 42.5 Å². The van der Waals surface area contributed by atoms with Crippen LogP contribution < -0.4 is 14.2 Å². The molecule has 27 heavy (non-hydrogen) atoms. The van der Waals surface area contributed by atoms with E-state index in [0.717, 1.165) is 5.75 Å². The summed E-state index contributed by atoms with van der Waals surface area (Å²) < 4.78 is 16.6. The van der Waals surface area contributed by atoms with Crippen LogP contribution in [0.3, 0.4) is 0 Å². The zero-order valence-corrected chi connectivity index (χ0v) is 14.5. The molecular formula is C22H18O5. The largest absolute Gasteiger partial charge is 0.490 e. The summed E-state index contributed by atoms with van der Waals surface area (Å²) in [6.45, 7) is 0.620. The normalized spacial score (nSPS) is 10.1. The van der Waals surface area contributed by atoms with Gasteiger partial charge in [-0.15, -0.1) is 0 Å². The van der Waals surface area contributed by atoms with Crippen LogP contribution in [0.5, 0.6) is 17.2 Å². The molecule has 0 aliphatic heterocycles. The molecule has 5 heteroatoms. The van der Waals surface area contributed by atoms with E-state index in [9.17, 15) is 9.59 Å². The van der Waals surface area contributed by atoms with E-state index in [1.165, 1.54) is 6.07 Å². The number of carbonyl (C=O) groups is 2. The first kappa shape index (κ1) is 18.2. The number of hydrogen-bond acceptors (Lipinski definition) is 5. The summed E-state index contributed by atoms with van der Waals surface area (Å²) in [7, 11) is 0. The quantitative estimate of drug-likeness (QED) is 0.260. The lowest BCUT2D eigenvalue weighted by molar-refractivity contribution is 0.0728. The molecule has 0 aliphatic rings. The summed E-state index contributed by atoms with van der Waals surface area (Å²) >= 11 is 0. The molecule has 0 aromatic heterocycles. The van der Waals surface area contributed by atoms with Crippen LogP contribution in [0, 0.1) is 0 Å². The first-order valence-corrected chi connectivity index (χ1v) is 8.43. The Morgan fingerprint density at radius 1 is 0.778 bits per heavy atom. The second-order valence-corrected chi connectivity index (χ2v) is 5.59. The van der Waals surface area contributed by atoms with Crippen LogP contribution in [0.4, 0.5) is 0 Å². The van der Waals surface area contributed by atoms with Crippen molar-refractivity contribution in [1.29, 1.82) is 0 Å². The third-order valence-electron chi connectivity index (χ3n) is 3.66. The number of rotatable bonds is 8. The lowest BCUT2D eigenvalue weighted by Gasteiger charge is -2.12. The Morgan fingerprint density at radius 3 is 2.30 bits per heavy atom. The van der Waals surface area contributed by atoms with Gasteiger partial charge in [0.2, 0.25) is 0 Å². The molecule has 0 saturated carbocycles. The highest BCUT2D eigenvalue weighted by atomic mass is 16.5. The predicted octanol–water partition coefficient (Wildman–Crippen LogP) is 4.18. The van der Waals surface area contributed by atoms with E-state index < -0.39 is 5.97 Å². The molecule has 3 aromatic rings. The monoisotopic (exact) mass is 362 g/mol. The van der Waals surface area contributed by atoms with E-state index in [-0.39, 0.29) is 6.61 Å².